The minimum absolute atomic E-state index is 0.155. The lowest BCUT2D eigenvalue weighted by Crippen LogP contribution is -2.48. The van der Waals surface area contributed by atoms with Crippen LogP contribution < -0.4 is 0 Å². The molecular weight excluding hydrogens is 375 g/mol. The van der Waals surface area contributed by atoms with Crippen molar-refractivity contribution in [2.75, 3.05) is 6.61 Å². The number of aliphatic hydroxyl groups is 3. The van der Waals surface area contributed by atoms with E-state index >= 15 is 0 Å². The quantitative estimate of drug-likeness (QED) is 0.508. The van der Waals surface area contributed by atoms with Crippen LogP contribution in [0.15, 0.2) is 0 Å². The van der Waals surface area contributed by atoms with Gasteiger partial charge in [0, 0.05) is 6.61 Å². The molecule has 3 N–H and O–H groups in total. The van der Waals surface area contributed by atoms with E-state index in [2.05, 4.69) is 27.7 Å². The molecule has 5 unspecified atom stereocenters. The minimum atomic E-state index is -0.416. The lowest BCUT2D eigenvalue weighted by molar-refractivity contribution is -0.0726. The molecule has 2 saturated carbocycles. The van der Waals surface area contributed by atoms with E-state index in [0.717, 1.165) is 32.1 Å². The highest BCUT2D eigenvalue weighted by Crippen LogP contribution is 2.49. The van der Waals surface area contributed by atoms with Crippen LogP contribution in [-0.4, -0.2) is 39.7 Å². The Morgan fingerprint density at radius 1 is 1.11 bits per heavy atom. The molecule has 0 saturated heterocycles. The molecule has 0 aliphatic heterocycles. The lowest BCUT2D eigenvalue weighted by Gasteiger charge is -2.49. The van der Waals surface area contributed by atoms with Gasteiger partial charge in [-0.25, -0.2) is 4.57 Å². The second-order valence-corrected chi connectivity index (χ2v) is 9.91. The van der Waals surface area contributed by atoms with Gasteiger partial charge < -0.3 is 15.3 Å². The predicted octanol–water partition coefficient (Wildman–Crippen LogP) is 4.98. The maximum absolute atomic E-state index is 11.1. The molecule has 8 atom stereocenters. The van der Waals surface area contributed by atoms with E-state index in [-0.39, 0.29) is 33.4 Å². The van der Waals surface area contributed by atoms with Gasteiger partial charge in [-0.3, -0.25) is 4.52 Å². The van der Waals surface area contributed by atoms with Crippen LogP contribution >= 0.6 is 8.69 Å². The Bertz CT molecular complexity index is 441. The summed E-state index contributed by atoms with van der Waals surface area (Å²) >= 11 is 0. The van der Waals surface area contributed by atoms with Crippen LogP contribution in [0, 0.1) is 29.6 Å². The van der Waals surface area contributed by atoms with Crippen molar-refractivity contribution in [3.8, 4) is 0 Å². The average molecular weight is 419 g/mol. The normalized spacial score (nSPS) is 36.9. The van der Waals surface area contributed by atoms with E-state index in [9.17, 15) is 9.67 Å². The standard InChI is InChI=1S/C16H31O3P.C6H12O2/c1-6-14-12(3)7-8-13(4)15(14)16(5,19-20-18)9-11(2)10-17;7-5-2-1-3-6(8)4-5/h11-15,17H,6-10H2,1-5H3;5-8H,1-4H2/t11?,12?,13?,14-,15-,16-;/m0./s1. The zero-order valence-electron chi connectivity index (χ0n) is 18.5. The van der Waals surface area contributed by atoms with Gasteiger partial charge in [0.2, 0.25) is 0 Å². The fourth-order valence-corrected chi connectivity index (χ4v) is 5.99. The zero-order chi connectivity index (χ0) is 21.3. The molecule has 5 nitrogen and oxygen atoms in total. The predicted molar refractivity (Wildman–Crippen MR) is 113 cm³/mol. The third-order valence-corrected chi connectivity index (χ3v) is 7.48. The molecule has 0 aromatic carbocycles. The van der Waals surface area contributed by atoms with Crippen LogP contribution in [0.5, 0.6) is 0 Å². The first-order valence-electron chi connectivity index (χ1n) is 11.2. The Morgan fingerprint density at radius 2 is 1.68 bits per heavy atom. The van der Waals surface area contributed by atoms with Gasteiger partial charge in [0.15, 0.2) is 0 Å². The van der Waals surface area contributed by atoms with E-state index in [1.807, 2.05) is 6.92 Å². The molecule has 0 spiro atoms. The van der Waals surface area contributed by atoms with Gasteiger partial charge in [-0.1, -0.05) is 47.0 Å². The smallest absolute Gasteiger partial charge is 0.327 e. The summed E-state index contributed by atoms with van der Waals surface area (Å²) in [5.74, 6) is 2.46. The summed E-state index contributed by atoms with van der Waals surface area (Å²) in [6.45, 7) is 11.1. The van der Waals surface area contributed by atoms with Crippen LogP contribution in [0.2, 0.25) is 0 Å². The van der Waals surface area contributed by atoms with Crippen molar-refractivity contribution in [2.45, 2.75) is 104 Å². The molecule has 2 aliphatic carbocycles. The zero-order valence-corrected chi connectivity index (χ0v) is 19.4. The van der Waals surface area contributed by atoms with Gasteiger partial charge in [-0.2, -0.15) is 0 Å². The molecule has 6 heteroatoms. The first-order valence-corrected chi connectivity index (χ1v) is 11.9. The second-order valence-electron chi connectivity index (χ2n) is 9.57. The van der Waals surface area contributed by atoms with E-state index in [1.54, 1.807) is 0 Å². The molecule has 0 aromatic rings. The number of hydrogen-bond donors (Lipinski definition) is 3. The third kappa shape index (κ3) is 7.65. The Hall–Kier alpha value is -0.0600. The third-order valence-electron chi connectivity index (χ3n) is 6.99. The van der Waals surface area contributed by atoms with Crippen LogP contribution in [0.4, 0.5) is 0 Å². The fourth-order valence-electron chi connectivity index (χ4n) is 5.62. The largest absolute Gasteiger partial charge is 0.396 e. The van der Waals surface area contributed by atoms with E-state index in [1.165, 1.54) is 12.8 Å². The molecule has 2 fully saturated rings. The number of aliphatic hydroxyl groups excluding tert-OH is 3. The summed E-state index contributed by atoms with van der Waals surface area (Å²) in [4.78, 5) is 0. The molecule has 166 valence electrons. The Balaban J connectivity index is 0.000000406. The van der Waals surface area contributed by atoms with Crippen LogP contribution in [0.25, 0.3) is 0 Å². The first-order chi connectivity index (χ1) is 13.2. The summed E-state index contributed by atoms with van der Waals surface area (Å²) < 4.78 is 16.8. The Morgan fingerprint density at radius 3 is 2.11 bits per heavy atom. The maximum Gasteiger partial charge on any atom is 0.327 e. The fraction of sp³-hybridized carbons (Fsp3) is 1.00. The number of rotatable bonds is 7. The second kappa shape index (κ2) is 12.6. The molecule has 2 aliphatic rings. The monoisotopic (exact) mass is 418 g/mol. The molecule has 0 aromatic heterocycles. The van der Waals surface area contributed by atoms with Gasteiger partial charge in [-0.15, -0.1) is 0 Å². The molecule has 0 radical (unpaired) electrons. The summed E-state index contributed by atoms with van der Waals surface area (Å²) in [5.41, 5.74) is -0.416. The van der Waals surface area contributed by atoms with Gasteiger partial charge in [0.05, 0.1) is 17.8 Å². The highest BCUT2D eigenvalue weighted by atomic mass is 31.1. The van der Waals surface area contributed by atoms with Gasteiger partial charge in [0.1, 0.15) is 0 Å². The van der Waals surface area contributed by atoms with E-state index in [4.69, 9.17) is 14.7 Å². The lowest BCUT2D eigenvalue weighted by atomic mass is 9.59. The molecular formula is C22H43O5P. The van der Waals surface area contributed by atoms with Crippen molar-refractivity contribution in [1.82, 2.24) is 0 Å². The summed E-state index contributed by atoms with van der Waals surface area (Å²) in [5, 5.41) is 27.2. The van der Waals surface area contributed by atoms with Gasteiger partial charge in [0.25, 0.3) is 0 Å². The van der Waals surface area contributed by atoms with Crippen LogP contribution in [-0.2, 0) is 9.09 Å². The van der Waals surface area contributed by atoms with Crippen molar-refractivity contribution >= 4 is 8.69 Å². The van der Waals surface area contributed by atoms with Crippen molar-refractivity contribution in [1.29, 1.82) is 0 Å². The number of hydrogen-bond acceptors (Lipinski definition) is 5. The highest BCUT2D eigenvalue weighted by molar-refractivity contribution is 7.17. The first kappa shape index (κ1) is 26.0. The molecule has 0 bridgehead atoms. The maximum atomic E-state index is 11.1. The minimum Gasteiger partial charge on any atom is -0.396 e. The van der Waals surface area contributed by atoms with Gasteiger partial charge >= 0.3 is 8.69 Å². The average Bonchev–Trinajstić information content (AvgIpc) is 2.63. The summed E-state index contributed by atoms with van der Waals surface area (Å²) in [6.07, 6.45) is 7.21. The molecule has 0 heterocycles. The SMILES string of the molecule is CC[C@H]1C(C)CCC(C)[C@@H]1[C@](C)(CC(C)CO)OP=O.OC1CCCC(O)C1. The molecule has 28 heavy (non-hydrogen) atoms. The Kier molecular flexibility index (Phi) is 11.7. The molecule has 0 amide bonds. The van der Waals surface area contributed by atoms with E-state index in [0.29, 0.717) is 30.1 Å². The van der Waals surface area contributed by atoms with Crippen LogP contribution in [0.1, 0.15) is 86.0 Å². The van der Waals surface area contributed by atoms with Crippen molar-refractivity contribution < 1.29 is 24.4 Å². The van der Waals surface area contributed by atoms with Gasteiger partial charge in [-0.05, 0) is 68.6 Å². The van der Waals surface area contributed by atoms with Crippen molar-refractivity contribution in [2.24, 2.45) is 29.6 Å². The highest BCUT2D eigenvalue weighted by Gasteiger charge is 2.47. The van der Waals surface area contributed by atoms with Crippen molar-refractivity contribution in [3.63, 3.8) is 0 Å². The van der Waals surface area contributed by atoms with E-state index < -0.39 is 5.60 Å². The van der Waals surface area contributed by atoms with Crippen molar-refractivity contribution in [3.05, 3.63) is 0 Å². The Labute approximate surface area is 173 Å². The van der Waals surface area contributed by atoms with Crippen LogP contribution in [0.3, 0.4) is 0 Å². The topological polar surface area (TPSA) is 87.0 Å². The molecule has 2 rings (SSSR count). The summed E-state index contributed by atoms with van der Waals surface area (Å²) in [6, 6.07) is 0. The summed E-state index contributed by atoms with van der Waals surface area (Å²) in [7, 11) is -0.243.